The second-order valence-corrected chi connectivity index (χ2v) is 8.88. The Bertz CT molecular complexity index is 484. The van der Waals surface area contributed by atoms with Crippen LogP contribution in [0.25, 0.3) is 0 Å². The van der Waals surface area contributed by atoms with Gasteiger partial charge in [-0.15, -0.1) is 0 Å². The van der Waals surface area contributed by atoms with E-state index in [2.05, 4.69) is 24.3 Å². The van der Waals surface area contributed by atoms with Crippen LogP contribution >= 0.6 is 0 Å². The van der Waals surface area contributed by atoms with E-state index in [1.165, 1.54) is 12.8 Å². The number of likely N-dealkylation sites (N-methyl/N-ethyl adjacent to an activating group) is 1. The number of urea groups is 1. The average Bonchev–Trinajstić information content (AvgIpc) is 3.02. The van der Waals surface area contributed by atoms with E-state index in [-0.39, 0.29) is 29.1 Å². The van der Waals surface area contributed by atoms with Gasteiger partial charge in [-0.05, 0) is 33.4 Å². The number of carbonyl (C=O) groups is 1. The standard InChI is InChI=1S/C14H27N3O3S/c1-16(2)14(7-4-5-8-14)11-15-13(18)17(3)12-6-9-21(19,20)10-12/h12H,4-11H2,1-3H3,(H,15,18)/t12-/m0/s1. The van der Waals surface area contributed by atoms with Gasteiger partial charge in [0.05, 0.1) is 11.5 Å². The number of rotatable bonds is 4. The summed E-state index contributed by atoms with van der Waals surface area (Å²) >= 11 is 0. The summed E-state index contributed by atoms with van der Waals surface area (Å²) in [5, 5.41) is 3.00. The molecule has 0 radical (unpaired) electrons. The third-order valence-corrected chi connectivity index (χ3v) is 6.88. The second kappa shape index (κ2) is 6.12. The molecule has 1 N–H and O–H groups in total. The lowest BCUT2D eigenvalue weighted by atomic mass is 9.96. The van der Waals surface area contributed by atoms with Crippen LogP contribution in [0.15, 0.2) is 0 Å². The SMILES string of the molecule is CN(C(=O)NCC1(N(C)C)CCCC1)[C@H]1CCS(=O)(=O)C1. The van der Waals surface area contributed by atoms with Gasteiger partial charge in [-0.1, -0.05) is 12.8 Å². The summed E-state index contributed by atoms with van der Waals surface area (Å²) in [6, 6.07) is -0.348. The molecule has 1 saturated heterocycles. The Balaban J connectivity index is 1.89. The smallest absolute Gasteiger partial charge is 0.317 e. The lowest BCUT2D eigenvalue weighted by molar-refractivity contribution is 0.145. The van der Waals surface area contributed by atoms with Crippen molar-refractivity contribution in [3.8, 4) is 0 Å². The highest BCUT2D eigenvalue weighted by atomic mass is 32.2. The molecular formula is C14H27N3O3S. The van der Waals surface area contributed by atoms with Crippen LogP contribution in [0.3, 0.4) is 0 Å². The van der Waals surface area contributed by atoms with Gasteiger partial charge < -0.3 is 15.1 Å². The molecule has 1 aliphatic carbocycles. The molecule has 0 aromatic carbocycles. The molecule has 0 aromatic heterocycles. The number of hydrogen-bond acceptors (Lipinski definition) is 4. The van der Waals surface area contributed by atoms with Gasteiger partial charge in [-0.3, -0.25) is 0 Å². The predicted octanol–water partition coefficient (Wildman–Crippen LogP) is 0.689. The average molecular weight is 317 g/mol. The van der Waals surface area contributed by atoms with E-state index in [0.29, 0.717) is 13.0 Å². The van der Waals surface area contributed by atoms with E-state index < -0.39 is 9.84 Å². The van der Waals surface area contributed by atoms with Crippen molar-refractivity contribution in [3.63, 3.8) is 0 Å². The number of hydrogen-bond donors (Lipinski definition) is 1. The summed E-state index contributed by atoms with van der Waals surface area (Å²) in [5.74, 6) is 0.284. The van der Waals surface area contributed by atoms with E-state index in [0.717, 1.165) is 12.8 Å². The minimum atomic E-state index is -2.96. The molecule has 1 saturated carbocycles. The normalized spacial score (nSPS) is 27.0. The zero-order valence-corrected chi connectivity index (χ0v) is 14.1. The second-order valence-electron chi connectivity index (χ2n) is 6.65. The van der Waals surface area contributed by atoms with Crippen molar-refractivity contribution in [3.05, 3.63) is 0 Å². The van der Waals surface area contributed by atoms with Crippen LogP contribution in [-0.2, 0) is 9.84 Å². The Morgan fingerprint density at radius 2 is 1.86 bits per heavy atom. The van der Waals surface area contributed by atoms with Crippen molar-refractivity contribution >= 4 is 15.9 Å². The van der Waals surface area contributed by atoms with Gasteiger partial charge in [0.1, 0.15) is 0 Å². The predicted molar refractivity (Wildman–Crippen MR) is 83.1 cm³/mol. The van der Waals surface area contributed by atoms with Gasteiger partial charge in [0.15, 0.2) is 9.84 Å². The molecule has 0 spiro atoms. The van der Waals surface area contributed by atoms with Crippen LogP contribution in [0.1, 0.15) is 32.1 Å². The zero-order valence-electron chi connectivity index (χ0n) is 13.3. The van der Waals surface area contributed by atoms with Crippen LogP contribution in [0, 0.1) is 0 Å². The van der Waals surface area contributed by atoms with E-state index in [1.54, 1.807) is 11.9 Å². The van der Waals surface area contributed by atoms with Gasteiger partial charge in [0.2, 0.25) is 0 Å². The lowest BCUT2D eigenvalue weighted by Gasteiger charge is -2.37. The van der Waals surface area contributed by atoms with Gasteiger partial charge in [0.25, 0.3) is 0 Å². The van der Waals surface area contributed by atoms with Crippen molar-refractivity contribution in [2.75, 3.05) is 39.2 Å². The number of amides is 2. The molecule has 6 nitrogen and oxygen atoms in total. The maximum absolute atomic E-state index is 12.3. The fourth-order valence-corrected chi connectivity index (χ4v) is 5.20. The van der Waals surface area contributed by atoms with E-state index >= 15 is 0 Å². The zero-order chi connectivity index (χ0) is 15.7. The quantitative estimate of drug-likeness (QED) is 0.828. The van der Waals surface area contributed by atoms with Gasteiger partial charge in [-0.2, -0.15) is 0 Å². The molecule has 0 bridgehead atoms. The molecule has 0 unspecified atom stereocenters. The van der Waals surface area contributed by atoms with Crippen molar-refractivity contribution in [2.24, 2.45) is 0 Å². The van der Waals surface area contributed by atoms with Crippen molar-refractivity contribution in [2.45, 2.75) is 43.7 Å². The van der Waals surface area contributed by atoms with E-state index in [1.807, 2.05) is 0 Å². The largest absolute Gasteiger partial charge is 0.336 e. The highest BCUT2D eigenvalue weighted by Crippen LogP contribution is 2.33. The Hall–Kier alpha value is -0.820. The molecule has 2 rings (SSSR count). The monoisotopic (exact) mass is 317 g/mol. The molecule has 1 aliphatic heterocycles. The third-order valence-electron chi connectivity index (χ3n) is 5.13. The molecule has 2 fully saturated rings. The van der Waals surface area contributed by atoms with E-state index in [9.17, 15) is 13.2 Å². The molecule has 0 aromatic rings. The Morgan fingerprint density at radius 1 is 1.24 bits per heavy atom. The molecular weight excluding hydrogens is 290 g/mol. The molecule has 1 atom stereocenters. The topological polar surface area (TPSA) is 69.7 Å². The van der Waals surface area contributed by atoms with Crippen molar-refractivity contribution in [1.29, 1.82) is 0 Å². The first kappa shape index (κ1) is 16.5. The number of carbonyl (C=O) groups excluding carboxylic acids is 1. The number of nitrogens with one attached hydrogen (secondary N) is 1. The summed E-state index contributed by atoms with van der Waals surface area (Å²) in [6.07, 6.45) is 5.14. The molecule has 7 heteroatoms. The maximum Gasteiger partial charge on any atom is 0.317 e. The Labute approximate surface area is 127 Å². The minimum absolute atomic E-state index is 0.0538. The summed E-state index contributed by atoms with van der Waals surface area (Å²) < 4.78 is 23.0. The van der Waals surface area contributed by atoms with Crippen LogP contribution in [0.4, 0.5) is 4.79 Å². The summed E-state index contributed by atoms with van der Waals surface area (Å²) in [5.41, 5.74) is 0.0538. The molecule has 21 heavy (non-hydrogen) atoms. The number of nitrogens with zero attached hydrogens (tertiary/aromatic N) is 2. The summed E-state index contributed by atoms with van der Waals surface area (Å²) in [4.78, 5) is 16.0. The van der Waals surface area contributed by atoms with Crippen LogP contribution in [0.5, 0.6) is 0 Å². The lowest BCUT2D eigenvalue weighted by Crippen LogP contribution is -2.54. The van der Waals surface area contributed by atoms with Crippen molar-refractivity contribution in [1.82, 2.24) is 15.1 Å². The third kappa shape index (κ3) is 3.69. The number of sulfone groups is 1. The van der Waals surface area contributed by atoms with Crippen LogP contribution in [0.2, 0.25) is 0 Å². The molecule has 1 heterocycles. The van der Waals surface area contributed by atoms with Crippen LogP contribution in [-0.4, -0.2) is 75.0 Å². The first-order valence-corrected chi connectivity index (χ1v) is 9.46. The van der Waals surface area contributed by atoms with Gasteiger partial charge in [0, 0.05) is 25.2 Å². The molecule has 122 valence electrons. The van der Waals surface area contributed by atoms with Gasteiger partial charge in [-0.25, -0.2) is 13.2 Å². The highest BCUT2D eigenvalue weighted by molar-refractivity contribution is 7.91. The fraction of sp³-hybridized carbons (Fsp3) is 0.929. The van der Waals surface area contributed by atoms with Crippen LogP contribution < -0.4 is 5.32 Å². The highest BCUT2D eigenvalue weighted by Gasteiger charge is 2.37. The molecule has 2 aliphatic rings. The van der Waals surface area contributed by atoms with Crippen molar-refractivity contribution < 1.29 is 13.2 Å². The summed E-state index contributed by atoms with van der Waals surface area (Å²) in [7, 11) is 2.85. The minimum Gasteiger partial charge on any atom is -0.336 e. The van der Waals surface area contributed by atoms with Gasteiger partial charge >= 0.3 is 6.03 Å². The molecule has 2 amide bonds. The Morgan fingerprint density at radius 3 is 2.33 bits per heavy atom. The first-order valence-electron chi connectivity index (χ1n) is 7.64. The fourth-order valence-electron chi connectivity index (χ4n) is 3.43. The summed E-state index contributed by atoms with van der Waals surface area (Å²) in [6.45, 7) is 0.628. The maximum atomic E-state index is 12.3. The first-order chi connectivity index (χ1) is 9.76. The Kier molecular flexibility index (Phi) is 4.82. The van der Waals surface area contributed by atoms with E-state index in [4.69, 9.17) is 0 Å².